The van der Waals surface area contributed by atoms with Crippen molar-refractivity contribution < 1.29 is 15.0 Å². The van der Waals surface area contributed by atoms with Crippen LogP contribution in [0.15, 0.2) is 0 Å². The molecule has 0 amide bonds. The molecule has 4 nitrogen and oxygen atoms in total. The fraction of sp³-hybridized carbons (Fsp3) is 0.750. The van der Waals surface area contributed by atoms with E-state index >= 15 is 0 Å². The summed E-state index contributed by atoms with van der Waals surface area (Å²) in [5.41, 5.74) is -0.986. The van der Waals surface area contributed by atoms with E-state index in [-0.39, 0.29) is 6.61 Å². The summed E-state index contributed by atoms with van der Waals surface area (Å²) in [6.45, 7) is 0.0706. The number of hydrogen-bond donors (Lipinski definition) is 3. The van der Waals surface area contributed by atoms with Gasteiger partial charge in [0.2, 0.25) is 0 Å². The Morgan fingerprint density at radius 1 is 1.88 bits per heavy atom. The Morgan fingerprint density at radius 3 is 2.38 bits per heavy atom. The van der Waals surface area contributed by atoms with E-state index in [1.54, 1.807) is 0 Å². The second-order valence-corrected chi connectivity index (χ2v) is 1.90. The van der Waals surface area contributed by atoms with Crippen LogP contribution in [0.4, 0.5) is 0 Å². The topological polar surface area (TPSA) is 79.5 Å². The SMILES string of the molecule is O=C(O)[C@@]1(CO)CN1. The molecular formula is C4H7NO3. The normalized spacial score (nSPS) is 34.6. The van der Waals surface area contributed by atoms with Crippen LogP contribution in [0.3, 0.4) is 0 Å². The van der Waals surface area contributed by atoms with Gasteiger partial charge in [-0.05, 0) is 0 Å². The highest BCUT2D eigenvalue weighted by Crippen LogP contribution is 2.14. The van der Waals surface area contributed by atoms with Gasteiger partial charge in [0.15, 0.2) is 5.54 Å². The van der Waals surface area contributed by atoms with Crippen molar-refractivity contribution in [1.29, 1.82) is 0 Å². The van der Waals surface area contributed by atoms with E-state index in [1.807, 2.05) is 0 Å². The van der Waals surface area contributed by atoms with Crippen LogP contribution in [-0.4, -0.2) is 34.9 Å². The van der Waals surface area contributed by atoms with Crippen molar-refractivity contribution in [3.63, 3.8) is 0 Å². The molecular weight excluding hydrogens is 110 g/mol. The molecule has 0 aliphatic carbocycles. The molecule has 4 heteroatoms. The van der Waals surface area contributed by atoms with Crippen molar-refractivity contribution >= 4 is 5.97 Å². The van der Waals surface area contributed by atoms with Crippen LogP contribution in [0.1, 0.15) is 0 Å². The maximum atomic E-state index is 10.1. The third kappa shape index (κ3) is 0.579. The zero-order valence-corrected chi connectivity index (χ0v) is 4.22. The van der Waals surface area contributed by atoms with Crippen LogP contribution in [0, 0.1) is 0 Å². The average Bonchev–Trinajstić information content (AvgIpc) is 2.44. The van der Waals surface area contributed by atoms with E-state index in [2.05, 4.69) is 5.32 Å². The summed E-state index contributed by atoms with van der Waals surface area (Å²) in [6, 6.07) is 0. The summed E-state index contributed by atoms with van der Waals surface area (Å²) < 4.78 is 0. The molecule has 0 aromatic carbocycles. The first kappa shape index (κ1) is 5.53. The van der Waals surface area contributed by atoms with E-state index in [0.717, 1.165) is 0 Å². The van der Waals surface area contributed by atoms with Gasteiger partial charge < -0.3 is 10.2 Å². The van der Waals surface area contributed by atoms with Crippen LogP contribution in [0.2, 0.25) is 0 Å². The molecule has 0 aromatic rings. The van der Waals surface area contributed by atoms with Gasteiger partial charge in [-0.2, -0.15) is 0 Å². The maximum absolute atomic E-state index is 10.1. The third-order valence-electron chi connectivity index (χ3n) is 1.28. The Bertz CT molecular complexity index is 118. The lowest BCUT2D eigenvalue weighted by Crippen LogP contribution is -2.31. The average molecular weight is 117 g/mol. The van der Waals surface area contributed by atoms with E-state index in [4.69, 9.17) is 10.2 Å². The summed E-state index contributed by atoms with van der Waals surface area (Å²) in [5, 5.41) is 19.2. The van der Waals surface area contributed by atoms with Crippen LogP contribution >= 0.6 is 0 Å². The largest absolute Gasteiger partial charge is 0.480 e. The summed E-state index contributed by atoms with van der Waals surface area (Å²) in [5.74, 6) is -0.972. The van der Waals surface area contributed by atoms with Crippen molar-refractivity contribution in [2.75, 3.05) is 13.2 Å². The number of aliphatic hydroxyl groups excluding tert-OH is 1. The second kappa shape index (κ2) is 1.43. The maximum Gasteiger partial charge on any atom is 0.327 e. The molecule has 1 aliphatic rings. The Hall–Kier alpha value is -0.610. The highest BCUT2D eigenvalue weighted by atomic mass is 16.4. The van der Waals surface area contributed by atoms with Crippen molar-refractivity contribution in [3.05, 3.63) is 0 Å². The van der Waals surface area contributed by atoms with E-state index in [9.17, 15) is 4.79 Å². The first-order valence-electron chi connectivity index (χ1n) is 2.30. The number of rotatable bonds is 2. The highest BCUT2D eigenvalue weighted by molar-refractivity contribution is 5.82. The fourth-order valence-corrected chi connectivity index (χ4v) is 0.437. The van der Waals surface area contributed by atoms with Crippen LogP contribution in [0.25, 0.3) is 0 Å². The number of carboxylic acid groups (broad SMARTS) is 1. The molecule has 1 heterocycles. The molecule has 1 saturated heterocycles. The second-order valence-electron chi connectivity index (χ2n) is 1.90. The van der Waals surface area contributed by atoms with Gasteiger partial charge in [-0.1, -0.05) is 0 Å². The molecule has 0 radical (unpaired) electrons. The summed E-state index contributed by atoms with van der Waals surface area (Å²) in [4.78, 5) is 10.1. The number of hydrogen-bond acceptors (Lipinski definition) is 3. The summed E-state index contributed by atoms with van der Waals surface area (Å²) in [7, 11) is 0. The quantitative estimate of drug-likeness (QED) is 0.381. The van der Waals surface area contributed by atoms with Gasteiger partial charge >= 0.3 is 5.97 Å². The Kier molecular flexibility index (Phi) is 0.988. The lowest BCUT2D eigenvalue weighted by atomic mass is 10.2. The molecule has 1 rings (SSSR count). The Labute approximate surface area is 46.1 Å². The Morgan fingerprint density at radius 2 is 2.38 bits per heavy atom. The number of carbonyl (C=O) groups is 1. The minimum atomic E-state index is -0.986. The van der Waals surface area contributed by atoms with Gasteiger partial charge in [0.25, 0.3) is 0 Å². The number of aliphatic carboxylic acids is 1. The van der Waals surface area contributed by atoms with Crippen molar-refractivity contribution in [2.24, 2.45) is 0 Å². The van der Waals surface area contributed by atoms with Gasteiger partial charge in [-0.25, -0.2) is 0 Å². The highest BCUT2D eigenvalue weighted by Gasteiger charge is 2.49. The predicted octanol–water partition coefficient (Wildman–Crippen LogP) is -1.59. The van der Waals surface area contributed by atoms with E-state index in [0.29, 0.717) is 6.54 Å². The van der Waals surface area contributed by atoms with Gasteiger partial charge in [0, 0.05) is 6.54 Å². The standard InChI is InChI=1S/C4H7NO3/c6-2-4(1-5-4)3(7)8/h5-6H,1-2H2,(H,7,8)/t4-/m0/s1. The summed E-state index contributed by atoms with van der Waals surface area (Å²) in [6.07, 6.45) is 0. The zero-order valence-electron chi connectivity index (χ0n) is 4.22. The lowest BCUT2D eigenvalue weighted by Gasteiger charge is -1.99. The van der Waals surface area contributed by atoms with Crippen LogP contribution in [0.5, 0.6) is 0 Å². The Balaban J connectivity index is 2.53. The fourth-order valence-electron chi connectivity index (χ4n) is 0.437. The van der Waals surface area contributed by atoms with Gasteiger partial charge in [-0.3, -0.25) is 10.1 Å². The molecule has 0 saturated carbocycles. The van der Waals surface area contributed by atoms with Crippen molar-refractivity contribution in [3.8, 4) is 0 Å². The molecule has 0 spiro atoms. The first-order chi connectivity index (χ1) is 3.71. The minimum Gasteiger partial charge on any atom is -0.480 e. The minimum absolute atomic E-state index is 0.317. The third-order valence-corrected chi connectivity index (χ3v) is 1.28. The first-order valence-corrected chi connectivity index (χ1v) is 2.30. The van der Waals surface area contributed by atoms with E-state index < -0.39 is 11.5 Å². The molecule has 46 valence electrons. The van der Waals surface area contributed by atoms with Gasteiger partial charge in [0.1, 0.15) is 0 Å². The van der Waals surface area contributed by atoms with Gasteiger partial charge in [0.05, 0.1) is 6.61 Å². The predicted molar refractivity (Wildman–Crippen MR) is 25.5 cm³/mol. The molecule has 8 heavy (non-hydrogen) atoms. The summed E-state index contributed by atoms with van der Waals surface area (Å²) >= 11 is 0. The lowest BCUT2D eigenvalue weighted by molar-refractivity contribution is -0.140. The molecule has 0 unspecified atom stereocenters. The van der Waals surface area contributed by atoms with Crippen LogP contribution in [-0.2, 0) is 4.79 Å². The zero-order chi connectivity index (χ0) is 6.20. The molecule has 1 atom stereocenters. The van der Waals surface area contributed by atoms with Gasteiger partial charge in [-0.15, -0.1) is 0 Å². The van der Waals surface area contributed by atoms with E-state index in [1.165, 1.54) is 0 Å². The molecule has 0 bridgehead atoms. The number of aliphatic hydroxyl groups is 1. The molecule has 1 aliphatic heterocycles. The number of carboxylic acids is 1. The number of nitrogens with one attached hydrogen (secondary N) is 1. The molecule has 3 N–H and O–H groups in total. The monoisotopic (exact) mass is 117 g/mol. The molecule has 0 aromatic heterocycles. The molecule has 1 fully saturated rings. The van der Waals surface area contributed by atoms with Crippen LogP contribution < -0.4 is 5.32 Å². The van der Waals surface area contributed by atoms with Crippen molar-refractivity contribution in [2.45, 2.75) is 5.54 Å². The van der Waals surface area contributed by atoms with Crippen molar-refractivity contribution in [1.82, 2.24) is 5.32 Å². The smallest absolute Gasteiger partial charge is 0.327 e.